The lowest BCUT2D eigenvalue weighted by molar-refractivity contribution is 0.257. The molecule has 0 bridgehead atoms. The predicted octanol–water partition coefficient (Wildman–Crippen LogP) is 4.33. The van der Waals surface area contributed by atoms with Crippen molar-refractivity contribution in [3.05, 3.63) is 0 Å². The molecule has 0 rings (SSSR count). The van der Waals surface area contributed by atoms with Crippen LogP contribution in [0.25, 0.3) is 0 Å². The van der Waals surface area contributed by atoms with Crippen LogP contribution in [-0.2, 0) is 9.05 Å². The quantitative estimate of drug-likeness (QED) is 0.419. The lowest BCUT2D eigenvalue weighted by atomic mass is 10.3. The molecule has 0 unspecified atom stereocenters. The molecule has 0 aromatic rings. The van der Waals surface area contributed by atoms with Crippen LogP contribution in [-0.4, -0.2) is 13.2 Å². The summed E-state index contributed by atoms with van der Waals surface area (Å²) in [6.07, 6.45) is 7.37. The fourth-order valence-electron chi connectivity index (χ4n) is 0.973. The van der Waals surface area contributed by atoms with Crippen molar-refractivity contribution in [2.24, 2.45) is 0 Å². The molecular formula is C10H24ClO2P. The van der Waals surface area contributed by atoms with Gasteiger partial charge < -0.3 is 9.05 Å². The molecule has 88 valence electrons. The van der Waals surface area contributed by atoms with E-state index in [1.54, 1.807) is 0 Å². The fourth-order valence-corrected chi connectivity index (χ4v) is 1.51. The van der Waals surface area contributed by atoms with Gasteiger partial charge in [0, 0.05) is 0 Å². The van der Waals surface area contributed by atoms with E-state index in [1.807, 2.05) is 0 Å². The molecule has 0 heterocycles. The Kier molecular flexibility index (Phi) is 19.6. The maximum atomic E-state index is 5.32. The van der Waals surface area contributed by atoms with Gasteiger partial charge in [-0.05, 0) is 12.8 Å². The highest BCUT2D eigenvalue weighted by Crippen LogP contribution is 2.15. The van der Waals surface area contributed by atoms with E-state index in [0.29, 0.717) is 0 Å². The van der Waals surface area contributed by atoms with Crippen LogP contribution in [0.3, 0.4) is 0 Å². The summed E-state index contributed by atoms with van der Waals surface area (Å²) in [5.41, 5.74) is 0. The molecule has 0 aromatic heterocycles. The molecule has 2 nitrogen and oxygen atoms in total. The van der Waals surface area contributed by atoms with Gasteiger partial charge in [0.05, 0.1) is 13.2 Å². The molecule has 0 spiro atoms. The van der Waals surface area contributed by atoms with Gasteiger partial charge in [0.2, 0.25) is 0 Å². The van der Waals surface area contributed by atoms with Crippen molar-refractivity contribution in [2.45, 2.75) is 52.4 Å². The SMILES string of the molecule is CCCCCOPOCCCCC.Cl. The van der Waals surface area contributed by atoms with E-state index >= 15 is 0 Å². The zero-order valence-corrected chi connectivity index (χ0v) is 11.2. The standard InChI is InChI=1S/C10H23O2P.ClH/c1-3-5-7-9-11-13-12-10-8-6-4-2;/h13H,3-10H2,1-2H3;1H. The summed E-state index contributed by atoms with van der Waals surface area (Å²) < 4.78 is 10.6. The van der Waals surface area contributed by atoms with Crippen LogP contribution in [0.5, 0.6) is 0 Å². The summed E-state index contributed by atoms with van der Waals surface area (Å²) in [5.74, 6) is 0. The van der Waals surface area contributed by atoms with Gasteiger partial charge in [0.25, 0.3) is 0 Å². The van der Waals surface area contributed by atoms with Crippen LogP contribution >= 0.6 is 21.4 Å². The summed E-state index contributed by atoms with van der Waals surface area (Å²) in [4.78, 5) is 0. The van der Waals surface area contributed by atoms with Crippen LogP contribution in [0.1, 0.15) is 52.4 Å². The average molecular weight is 243 g/mol. The van der Waals surface area contributed by atoms with Crippen molar-refractivity contribution in [1.82, 2.24) is 0 Å². The van der Waals surface area contributed by atoms with Crippen LogP contribution < -0.4 is 0 Å². The Balaban J connectivity index is 0. The lowest BCUT2D eigenvalue weighted by Crippen LogP contribution is -1.89. The monoisotopic (exact) mass is 242 g/mol. The highest BCUT2D eigenvalue weighted by molar-refractivity contribution is 7.26. The Hall–Kier alpha value is 0.640. The van der Waals surface area contributed by atoms with E-state index in [2.05, 4.69) is 13.8 Å². The minimum Gasteiger partial charge on any atom is -0.336 e. The van der Waals surface area contributed by atoms with E-state index in [0.717, 1.165) is 13.2 Å². The first-order valence-electron chi connectivity index (χ1n) is 5.40. The van der Waals surface area contributed by atoms with E-state index in [1.165, 1.54) is 38.5 Å². The minimum absolute atomic E-state index is 0. The molecule has 0 radical (unpaired) electrons. The third-order valence-electron chi connectivity index (χ3n) is 1.82. The zero-order valence-electron chi connectivity index (χ0n) is 9.38. The smallest absolute Gasteiger partial charge is 0.155 e. The van der Waals surface area contributed by atoms with Gasteiger partial charge in [-0.2, -0.15) is 0 Å². The summed E-state index contributed by atoms with van der Waals surface area (Å²) in [7, 11) is 0.255. The van der Waals surface area contributed by atoms with Gasteiger partial charge in [-0.15, -0.1) is 12.4 Å². The molecule has 0 N–H and O–H groups in total. The predicted molar refractivity (Wildman–Crippen MR) is 66.5 cm³/mol. The van der Waals surface area contributed by atoms with Gasteiger partial charge in [-0.3, -0.25) is 0 Å². The topological polar surface area (TPSA) is 18.5 Å². The summed E-state index contributed by atoms with van der Waals surface area (Å²) in [6.45, 7) is 6.12. The molecule has 0 aliphatic rings. The van der Waals surface area contributed by atoms with Crippen molar-refractivity contribution >= 4 is 21.4 Å². The van der Waals surface area contributed by atoms with Crippen LogP contribution in [0.15, 0.2) is 0 Å². The molecule has 0 amide bonds. The number of hydrogen-bond acceptors (Lipinski definition) is 2. The first-order valence-corrected chi connectivity index (χ1v) is 6.22. The van der Waals surface area contributed by atoms with Gasteiger partial charge in [-0.25, -0.2) is 0 Å². The molecule has 0 saturated carbocycles. The number of hydrogen-bond donors (Lipinski definition) is 0. The normalized spacial score (nSPS) is 9.86. The number of halogens is 1. The van der Waals surface area contributed by atoms with E-state index < -0.39 is 0 Å². The van der Waals surface area contributed by atoms with Gasteiger partial charge in [0.1, 0.15) is 0 Å². The van der Waals surface area contributed by atoms with E-state index in [9.17, 15) is 0 Å². The molecule has 0 aromatic carbocycles. The second-order valence-electron chi connectivity index (χ2n) is 3.19. The molecule has 0 saturated heterocycles. The Morgan fingerprint density at radius 2 is 1.21 bits per heavy atom. The summed E-state index contributed by atoms with van der Waals surface area (Å²) in [6, 6.07) is 0. The second-order valence-corrected chi connectivity index (χ2v) is 3.94. The first-order chi connectivity index (χ1) is 6.41. The Labute approximate surface area is 96.5 Å². The van der Waals surface area contributed by atoms with Crippen molar-refractivity contribution < 1.29 is 9.05 Å². The number of rotatable bonds is 10. The third kappa shape index (κ3) is 15.1. The lowest BCUT2D eigenvalue weighted by Gasteiger charge is -2.03. The second kappa shape index (κ2) is 16.1. The average Bonchev–Trinajstić information content (AvgIpc) is 2.16. The summed E-state index contributed by atoms with van der Waals surface area (Å²) >= 11 is 0. The van der Waals surface area contributed by atoms with E-state index in [4.69, 9.17) is 9.05 Å². The Morgan fingerprint density at radius 1 is 0.786 bits per heavy atom. The maximum Gasteiger partial charge on any atom is 0.155 e. The third-order valence-corrected chi connectivity index (χ3v) is 2.46. The van der Waals surface area contributed by atoms with Gasteiger partial charge >= 0.3 is 0 Å². The molecule has 14 heavy (non-hydrogen) atoms. The highest BCUT2D eigenvalue weighted by Gasteiger charge is 1.90. The minimum atomic E-state index is 0. The molecule has 0 atom stereocenters. The maximum absolute atomic E-state index is 5.32. The molecule has 0 aliphatic carbocycles. The molecule has 4 heteroatoms. The molecule has 0 aliphatic heterocycles. The van der Waals surface area contributed by atoms with Crippen LogP contribution in [0.2, 0.25) is 0 Å². The highest BCUT2D eigenvalue weighted by atomic mass is 35.5. The fraction of sp³-hybridized carbons (Fsp3) is 1.00. The van der Waals surface area contributed by atoms with Gasteiger partial charge in [0.15, 0.2) is 9.03 Å². The summed E-state index contributed by atoms with van der Waals surface area (Å²) in [5, 5.41) is 0. The zero-order chi connectivity index (χ0) is 9.78. The van der Waals surface area contributed by atoms with Crippen molar-refractivity contribution in [3.8, 4) is 0 Å². The first kappa shape index (κ1) is 17.0. The van der Waals surface area contributed by atoms with E-state index in [-0.39, 0.29) is 21.4 Å². The molecular weight excluding hydrogens is 219 g/mol. The van der Waals surface area contributed by atoms with Crippen molar-refractivity contribution in [1.29, 1.82) is 0 Å². The number of unbranched alkanes of at least 4 members (excludes halogenated alkanes) is 4. The van der Waals surface area contributed by atoms with Gasteiger partial charge in [-0.1, -0.05) is 39.5 Å². The Bertz CT molecular complexity index is 84.2. The Morgan fingerprint density at radius 3 is 1.57 bits per heavy atom. The van der Waals surface area contributed by atoms with Crippen molar-refractivity contribution in [3.63, 3.8) is 0 Å². The van der Waals surface area contributed by atoms with Crippen LogP contribution in [0.4, 0.5) is 0 Å². The van der Waals surface area contributed by atoms with Crippen LogP contribution in [0, 0.1) is 0 Å². The largest absolute Gasteiger partial charge is 0.336 e. The molecule has 0 fully saturated rings. The van der Waals surface area contributed by atoms with Crippen molar-refractivity contribution in [2.75, 3.05) is 13.2 Å².